The fraction of sp³-hybridized carbons (Fsp3) is 0.533. The molecular formula is C15H22N2O. The minimum Gasteiger partial charge on any atom is -0.411 e. The van der Waals surface area contributed by atoms with Crippen LogP contribution in [0.1, 0.15) is 51.2 Å². The van der Waals surface area contributed by atoms with E-state index in [4.69, 9.17) is 5.21 Å². The summed E-state index contributed by atoms with van der Waals surface area (Å²) in [6.45, 7) is 10.1. The van der Waals surface area contributed by atoms with Gasteiger partial charge in [0.05, 0.1) is 6.21 Å². The lowest BCUT2D eigenvalue weighted by molar-refractivity contribution is 0.322. The average molecular weight is 246 g/mol. The molecule has 1 heterocycles. The zero-order valence-electron chi connectivity index (χ0n) is 11.6. The van der Waals surface area contributed by atoms with Crippen LogP contribution in [-0.4, -0.2) is 23.5 Å². The number of hydrogen-bond donors (Lipinski definition) is 1. The molecule has 0 aliphatic carbocycles. The summed E-state index contributed by atoms with van der Waals surface area (Å²) in [5.41, 5.74) is 3.83. The van der Waals surface area contributed by atoms with Crippen LogP contribution < -0.4 is 4.90 Å². The summed E-state index contributed by atoms with van der Waals surface area (Å²) in [6, 6.07) is 6.29. The van der Waals surface area contributed by atoms with Crippen LogP contribution in [0.5, 0.6) is 0 Å². The van der Waals surface area contributed by atoms with Crippen molar-refractivity contribution in [3.8, 4) is 0 Å². The van der Waals surface area contributed by atoms with Crippen LogP contribution in [-0.2, 0) is 0 Å². The van der Waals surface area contributed by atoms with Crippen molar-refractivity contribution in [2.75, 3.05) is 11.4 Å². The first kappa shape index (κ1) is 12.9. The van der Waals surface area contributed by atoms with Crippen molar-refractivity contribution in [2.24, 2.45) is 5.16 Å². The lowest BCUT2D eigenvalue weighted by Gasteiger charge is -2.47. The molecule has 1 aromatic carbocycles. The van der Waals surface area contributed by atoms with E-state index < -0.39 is 0 Å². The highest BCUT2D eigenvalue weighted by molar-refractivity contribution is 5.81. The molecule has 0 radical (unpaired) electrons. The topological polar surface area (TPSA) is 35.8 Å². The van der Waals surface area contributed by atoms with Gasteiger partial charge in [-0.1, -0.05) is 18.1 Å². The number of oxime groups is 1. The molecule has 0 amide bonds. The Morgan fingerprint density at radius 1 is 1.50 bits per heavy atom. The van der Waals surface area contributed by atoms with E-state index >= 15 is 0 Å². The normalized spacial score (nSPS) is 22.2. The minimum absolute atomic E-state index is 0.202. The van der Waals surface area contributed by atoms with E-state index in [0.717, 1.165) is 18.5 Å². The average Bonchev–Trinajstić information content (AvgIpc) is 2.29. The second kappa shape index (κ2) is 4.63. The highest BCUT2D eigenvalue weighted by atomic mass is 16.4. The Bertz CT molecular complexity index is 466. The molecule has 1 aliphatic rings. The van der Waals surface area contributed by atoms with Gasteiger partial charge in [-0.15, -0.1) is 0 Å². The first-order valence-electron chi connectivity index (χ1n) is 6.58. The molecule has 98 valence electrons. The summed E-state index contributed by atoms with van der Waals surface area (Å²) in [5.74, 6) is 0.532. The van der Waals surface area contributed by atoms with Crippen molar-refractivity contribution in [1.29, 1.82) is 0 Å². The molecule has 3 nitrogen and oxygen atoms in total. The number of hydrogen-bond acceptors (Lipinski definition) is 3. The molecule has 0 bridgehead atoms. The third-order valence-electron chi connectivity index (χ3n) is 3.93. The molecule has 18 heavy (non-hydrogen) atoms. The van der Waals surface area contributed by atoms with Crippen molar-refractivity contribution in [3.63, 3.8) is 0 Å². The van der Waals surface area contributed by atoms with Gasteiger partial charge in [0.2, 0.25) is 0 Å². The Morgan fingerprint density at radius 3 is 2.83 bits per heavy atom. The molecule has 0 fully saturated rings. The largest absolute Gasteiger partial charge is 0.411 e. The van der Waals surface area contributed by atoms with Crippen molar-refractivity contribution in [3.05, 3.63) is 29.3 Å². The lowest BCUT2D eigenvalue weighted by atomic mass is 9.79. The highest BCUT2D eigenvalue weighted by Crippen LogP contribution is 2.43. The summed E-state index contributed by atoms with van der Waals surface area (Å²) in [7, 11) is 0. The second-order valence-electron chi connectivity index (χ2n) is 5.72. The lowest BCUT2D eigenvalue weighted by Crippen LogP contribution is -2.48. The van der Waals surface area contributed by atoms with Crippen molar-refractivity contribution in [2.45, 2.75) is 45.6 Å². The van der Waals surface area contributed by atoms with Crippen LogP contribution in [0.4, 0.5) is 5.69 Å². The third kappa shape index (κ3) is 2.09. The van der Waals surface area contributed by atoms with Gasteiger partial charge < -0.3 is 10.1 Å². The fourth-order valence-electron chi connectivity index (χ4n) is 3.25. The Labute approximate surface area is 109 Å². The van der Waals surface area contributed by atoms with Gasteiger partial charge in [0.25, 0.3) is 0 Å². The standard InChI is InChI=1S/C15H22N2O/c1-5-17-14-7-6-12(10-16-18)8-13(14)11(2)9-15(17,3)4/h6-8,10-11,18H,5,9H2,1-4H3. The molecular weight excluding hydrogens is 224 g/mol. The van der Waals surface area contributed by atoms with E-state index in [9.17, 15) is 0 Å². The number of anilines is 1. The first-order valence-corrected chi connectivity index (χ1v) is 6.58. The van der Waals surface area contributed by atoms with E-state index in [1.165, 1.54) is 17.5 Å². The first-order chi connectivity index (χ1) is 8.49. The molecule has 1 aliphatic heterocycles. The van der Waals surface area contributed by atoms with Gasteiger partial charge in [-0.25, -0.2) is 0 Å². The number of fused-ring (bicyclic) bond motifs is 1. The zero-order valence-corrected chi connectivity index (χ0v) is 11.6. The van der Waals surface area contributed by atoms with Gasteiger partial charge in [-0.2, -0.15) is 0 Å². The van der Waals surface area contributed by atoms with Gasteiger partial charge in [0.1, 0.15) is 0 Å². The monoisotopic (exact) mass is 246 g/mol. The predicted molar refractivity (Wildman–Crippen MR) is 76.0 cm³/mol. The SMILES string of the molecule is CCN1c2ccc(C=NO)cc2C(C)CC1(C)C. The Balaban J connectivity index is 2.51. The van der Waals surface area contributed by atoms with Gasteiger partial charge in [-0.3, -0.25) is 0 Å². The summed E-state index contributed by atoms with van der Waals surface area (Å²) in [6.07, 6.45) is 2.64. The number of benzene rings is 1. The van der Waals surface area contributed by atoms with Crippen LogP contribution in [0.25, 0.3) is 0 Å². The van der Waals surface area contributed by atoms with Crippen molar-refractivity contribution in [1.82, 2.24) is 0 Å². The summed E-state index contributed by atoms with van der Waals surface area (Å²) >= 11 is 0. The summed E-state index contributed by atoms with van der Waals surface area (Å²) in [4.78, 5) is 2.46. The molecule has 1 aromatic rings. The smallest absolute Gasteiger partial charge is 0.0733 e. The fourth-order valence-corrected chi connectivity index (χ4v) is 3.25. The van der Waals surface area contributed by atoms with Gasteiger partial charge in [0.15, 0.2) is 0 Å². The van der Waals surface area contributed by atoms with Crippen LogP contribution in [0.3, 0.4) is 0 Å². The van der Waals surface area contributed by atoms with Crippen molar-refractivity contribution < 1.29 is 5.21 Å². The van der Waals surface area contributed by atoms with Crippen LogP contribution in [0, 0.1) is 0 Å². The number of rotatable bonds is 2. The maximum Gasteiger partial charge on any atom is 0.0733 e. The molecule has 3 heteroatoms. The quantitative estimate of drug-likeness (QED) is 0.491. The Hall–Kier alpha value is -1.51. The Morgan fingerprint density at radius 2 is 2.22 bits per heavy atom. The van der Waals surface area contributed by atoms with Gasteiger partial charge in [0, 0.05) is 17.8 Å². The van der Waals surface area contributed by atoms with Crippen molar-refractivity contribution >= 4 is 11.9 Å². The zero-order chi connectivity index (χ0) is 13.3. The maximum absolute atomic E-state index is 8.63. The minimum atomic E-state index is 0.202. The van der Waals surface area contributed by atoms with Crippen LogP contribution >= 0.6 is 0 Å². The molecule has 0 spiro atoms. The molecule has 2 rings (SSSR count). The molecule has 0 saturated heterocycles. The maximum atomic E-state index is 8.63. The predicted octanol–water partition coefficient (Wildman–Crippen LogP) is 3.61. The summed E-state index contributed by atoms with van der Waals surface area (Å²) < 4.78 is 0. The highest BCUT2D eigenvalue weighted by Gasteiger charge is 2.35. The molecule has 0 saturated carbocycles. The third-order valence-corrected chi connectivity index (χ3v) is 3.93. The second-order valence-corrected chi connectivity index (χ2v) is 5.72. The van der Waals surface area contributed by atoms with Crippen LogP contribution in [0.15, 0.2) is 23.4 Å². The van der Waals surface area contributed by atoms with E-state index in [0.29, 0.717) is 5.92 Å². The molecule has 1 atom stereocenters. The van der Waals surface area contributed by atoms with E-state index in [1.807, 2.05) is 6.07 Å². The van der Waals surface area contributed by atoms with Crippen LogP contribution in [0.2, 0.25) is 0 Å². The van der Waals surface area contributed by atoms with E-state index in [2.05, 4.69) is 49.9 Å². The molecule has 0 aromatic heterocycles. The van der Waals surface area contributed by atoms with Gasteiger partial charge in [-0.05, 0) is 56.4 Å². The van der Waals surface area contributed by atoms with Gasteiger partial charge >= 0.3 is 0 Å². The Kier molecular flexibility index (Phi) is 3.33. The summed E-state index contributed by atoms with van der Waals surface area (Å²) in [5, 5.41) is 11.7. The number of nitrogens with zero attached hydrogens (tertiary/aromatic N) is 2. The van der Waals surface area contributed by atoms with E-state index in [1.54, 1.807) is 0 Å². The van der Waals surface area contributed by atoms with E-state index in [-0.39, 0.29) is 5.54 Å². The molecule has 1 unspecified atom stereocenters. The molecule has 1 N–H and O–H groups in total.